The molecule has 4 nitrogen and oxygen atoms in total. The summed E-state index contributed by atoms with van der Waals surface area (Å²) in [5.74, 6) is 0.992. The second-order valence-electron chi connectivity index (χ2n) is 4.48. The molecule has 2 heterocycles. The highest BCUT2D eigenvalue weighted by Gasteiger charge is 2.20. The van der Waals surface area contributed by atoms with Crippen molar-refractivity contribution in [2.75, 3.05) is 31.6 Å². The summed E-state index contributed by atoms with van der Waals surface area (Å²) < 4.78 is 5.67. The number of rotatable bonds is 4. The molecular formula is C13H20ClN3O. The van der Waals surface area contributed by atoms with Gasteiger partial charge in [-0.15, -0.1) is 0 Å². The van der Waals surface area contributed by atoms with E-state index in [0.29, 0.717) is 17.7 Å². The first-order valence-electron chi connectivity index (χ1n) is 6.41. The van der Waals surface area contributed by atoms with E-state index in [4.69, 9.17) is 16.3 Å². The maximum absolute atomic E-state index is 6.12. The summed E-state index contributed by atoms with van der Waals surface area (Å²) in [5.41, 5.74) is 0.899. The van der Waals surface area contributed by atoms with Crippen molar-refractivity contribution in [3.8, 4) is 0 Å². The number of nitrogens with one attached hydrogen (secondary N) is 1. The Morgan fingerprint density at radius 2 is 2.39 bits per heavy atom. The number of halogens is 1. The van der Waals surface area contributed by atoms with Crippen molar-refractivity contribution in [1.82, 2.24) is 10.3 Å². The summed E-state index contributed by atoms with van der Waals surface area (Å²) in [6, 6.07) is 3.91. The van der Waals surface area contributed by atoms with Gasteiger partial charge >= 0.3 is 0 Å². The van der Waals surface area contributed by atoms with Gasteiger partial charge in [0.25, 0.3) is 0 Å². The zero-order chi connectivity index (χ0) is 13.0. The Balaban J connectivity index is 2.14. The van der Waals surface area contributed by atoms with Gasteiger partial charge in [-0.05, 0) is 25.6 Å². The summed E-state index contributed by atoms with van der Waals surface area (Å²) in [6.45, 7) is 5.41. The Bertz CT molecular complexity index is 400. The smallest absolute Gasteiger partial charge is 0.129 e. The zero-order valence-electron chi connectivity index (χ0n) is 10.9. The summed E-state index contributed by atoms with van der Waals surface area (Å²) in [7, 11) is 1.90. The normalized spacial score (nSPS) is 20.2. The molecule has 0 bridgehead atoms. The van der Waals surface area contributed by atoms with Gasteiger partial charge in [0.15, 0.2) is 0 Å². The van der Waals surface area contributed by atoms with Crippen LogP contribution in [0.3, 0.4) is 0 Å². The highest BCUT2D eigenvalue weighted by atomic mass is 35.5. The second kappa shape index (κ2) is 6.36. The van der Waals surface area contributed by atoms with Crippen LogP contribution in [0, 0.1) is 0 Å². The lowest BCUT2D eigenvalue weighted by molar-refractivity contribution is 0.0381. The van der Waals surface area contributed by atoms with Gasteiger partial charge in [0, 0.05) is 19.6 Å². The fourth-order valence-corrected chi connectivity index (χ4v) is 2.29. The van der Waals surface area contributed by atoms with E-state index in [1.54, 1.807) is 0 Å². The minimum absolute atomic E-state index is 0.309. The van der Waals surface area contributed by atoms with E-state index >= 15 is 0 Å². The molecule has 1 aromatic rings. The number of hydrogen-bond acceptors (Lipinski definition) is 4. The van der Waals surface area contributed by atoms with Gasteiger partial charge in [0.05, 0.1) is 23.4 Å². The quantitative estimate of drug-likeness (QED) is 0.908. The molecular weight excluding hydrogens is 250 g/mol. The first-order valence-corrected chi connectivity index (χ1v) is 6.79. The van der Waals surface area contributed by atoms with Gasteiger partial charge in [0.2, 0.25) is 0 Å². The Labute approximate surface area is 113 Å². The lowest BCUT2D eigenvalue weighted by Crippen LogP contribution is -2.42. The van der Waals surface area contributed by atoms with Crippen LogP contribution in [0.5, 0.6) is 0 Å². The third-order valence-corrected chi connectivity index (χ3v) is 3.51. The van der Waals surface area contributed by atoms with Crippen molar-refractivity contribution in [1.29, 1.82) is 0 Å². The van der Waals surface area contributed by atoms with Crippen LogP contribution in [0.15, 0.2) is 12.1 Å². The molecule has 0 spiro atoms. The van der Waals surface area contributed by atoms with Crippen molar-refractivity contribution in [2.24, 2.45) is 0 Å². The first-order chi connectivity index (χ1) is 8.74. The Morgan fingerprint density at radius 3 is 3.11 bits per heavy atom. The van der Waals surface area contributed by atoms with Crippen molar-refractivity contribution in [2.45, 2.75) is 26.0 Å². The topological polar surface area (TPSA) is 37.4 Å². The predicted octanol–water partition coefficient (Wildman–Crippen LogP) is 2.07. The lowest BCUT2D eigenvalue weighted by Gasteiger charge is -2.33. The van der Waals surface area contributed by atoms with Crippen molar-refractivity contribution in [3.05, 3.63) is 22.8 Å². The van der Waals surface area contributed by atoms with Gasteiger partial charge in [-0.1, -0.05) is 18.5 Å². The van der Waals surface area contributed by atoms with Gasteiger partial charge < -0.3 is 15.0 Å². The van der Waals surface area contributed by atoms with Gasteiger partial charge in [-0.3, -0.25) is 0 Å². The van der Waals surface area contributed by atoms with E-state index in [1.807, 2.05) is 19.2 Å². The molecule has 1 saturated heterocycles. The minimum atomic E-state index is 0.309. The molecule has 0 aliphatic carbocycles. The SMILES string of the molecule is CCC1CN(c2ccc(Cl)c(CNC)n2)CCO1. The van der Waals surface area contributed by atoms with E-state index in [1.165, 1.54) is 0 Å². The molecule has 1 aliphatic rings. The first kappa shape index (κ1) is 13.6. The predicted molar refractivity (Wildman–Crippen MR) is 74.3 cm³/mol. The van der Waals surface area contributed by atoms with E-state index in [0.717, 1.165) is 37.6 Å². The molecule has 1 aromatic heterocycles. The molecule has 5 heteroatoms. The number of anilines is 1. The lowest BCUT2D eigenvalue weighted by atomic mass is 10.2. The Hall–Kier alpha value is -0.840. The number of aromatic nitrogens is 1. The van der Waals surface area contributed by atoms with Crippen LogP contribution >= 0.6 is 11.6 Å². The second-order valence-corrected chi connectivity index (χ2v) is 4.88. The van der Waals surface area contributed by atoms with E-state index in [-0.39, 0.29) is 0 Å². The monoisotopic (exact) mass is 269 g/mol. The van der Waals surface area contributed by atoms with Crippen molar-refractivity contribution in [3.63, 3.8) is 0 Å². The van der Waals surface area contributed by atoms with Crippen LogP contribution < -0.4 is 10.2 Å². The van der Waals surface area contributed by atoms with Crippen LogP contribution in [0.1, 0.15) is 19.0 Å². The molecule has 0 saturated carbocycles. The van der Waals surface area contributed by atoms with Gasteiger partial charge in [-0.2, -0.15) is 0 Å². The standard InChI is InChI=1S/C13H20ClN3O/c1-3-10-9-17(6-7-18-10)13-5-4-11(14)12(16-13)8-15-2/h4-5,10,15H,3,6-9H2,1-2H3. The molecule has 0 aromatic carbocycles. The Morgan fingerprint density at radius 1 is 1.56 bits per heavy atom. The third kappa shape index (κ3) is 3.13. The molecule has 2 rings (SSSR count). The summed E-state index contributed by atoms with van der Waals surface area (Å²) in [4.78, 5) is 6.90. The summed E-state index contributed by atoms with van der Waals surface area (Å²) in [6.07, 6.45) is 1.34. The van der Waals surface area contributed by atoms with Crippen LogP contribution in [-0.4, -0.2) is 37.8 Å². The number of hydrogen-bond donors (Lipinski definition) is 1. The van der Waals surface area contributed by atoms with E-state index < -0.39 is 0 Å². The van der Waals surface area contributed by atoms with E-state index in [9.17, 15) is 0 Å². The van der Waals surface area contributed by atoms with E-state index in [2.05, 4.69) is 22.1 Å². The molecule has 0 amide bonds. The minimum Gasteiger partial charge on any atom is -0.375 e. The molecule has 1 aliphatic heterocycles. The van der Waals surface area contributed by atoms with Crippen molar-refractivity contribution >= 4 is 17.4 Å². The number of nitrogens with zero attached hydrogens (tertiary/aromatic N) is 2. The van der Waals surface area contributed by atoms with Crippen LogP contribution in [0.25, 0.3) is 0 Å². The number of pyridine rings is 1. The fourth-order valence-electron chi connectivity index (χ4n) is 2.11. The van der Waals surface area contributed by atoms with Crippen LogP contribution in [0.4, 0.5) is 5.82 Å². The average molecular weight is 270 g/mol. The zero-order valence-corrected chi connectivity index (χ0v) is 11.7. The molecule has 18 heavy (non-hydrogen) atoms. The molecule has 0 radical (unpaired) electrons. The maximum Gasteiger partial charge on any atom is 0.129 e. The third-order valence-electron chi connectivity index (χ3n) is 3.17. The molecule has 100 valence electrons. The molecule has 1 fully saturated rings. The van der Waals surface area contributed by atoms with Crippen LogP contribution in [-0.2, 0) is 11.3 Å². The molecule has 1 atom stereocenters. The number of morpholine rings is 1. The average Bonchev–Trinajstić information content (AvgIpc) is 2.41. The highest BCUT2D eigenvalue weighted by molar-refractivity contribution is 6.31. The Kier molecular flexibility index (Phi) is 4.80. The maximum atomic E-state index is 6.12. The molecule has 1 unspecified atom stereocenters. The number of ether oxygens (including phenoxy) is 1. The van der Waals surface area contributed by atoms with Crippen molar-refractivity contribution < 1.29 is 4.74 Å². The van der Waals surface area contributed by atoms with Gasteiger partial charge in [0.1, 0.15) is 5.82 Å². The van der Waals surface area contributed by atoms with Crippen LogP contribution in [0.2, 0.25) is 5.02 Å². The summed E-state index contributed by atoms with van der Waals surface area (Å²) in [5, 5.41) is 3.80. The largest absolute Gasteiger partial charge is 0.375 e. The summed E-state index contributed by atoms with van der Waals surface area (Å²) >= 11 is 6.12. The highest BCUT2D eigenvalue weighted by Crippen LogP contribution is 2.21. The fraction of sp³-hybridized carbons (Fsp3) is 0.615. The molecule has 1 N–H and O–H groups in total. The van der Waals surface area contributed by atoms with Gasteiger partial charge in [-0.25, -0.2) is 4.98 Å².